The van der Waals surface area contributed by atoms with Crippen molar-refractivity contribution >= 4 is 35.2 Å². The van der Waals surface area contributed by atoms with E-state index in [1.54, 1.807) is 0 Å². The predicted molar refractivity (Wildman–Crippen MR) is 89.6 cm³/mol. The maximum atomic E-state index is 12.1. The molecule has 0 heterocycles. The summed E-state index contributed by atoms with van der Waals surface area (Å²) in [6.07, 6.45) is 1.32. The standard InChI is InChI=1S/C16H13Cl2NO4/c1-23-15-5-9(2-3-13(15)20)14(21)8-19-7-10-4-11(17)6-12(18)16(10)22/h2-7,20,22H,8H2,1H3. The van der Waals surface area contributed by atoms with Crippen molar-refractivity contribution in [3.8, 4) is 17.2 Å². The van der Waals surface area contributed by atoms with Crippen molar-refractivity contribution in [3.05, 3.63) is 51.5 Å². The zero-order chi connectivity index (χ0) is 17.0. The number of Topliss-reactive ketones (excluding diaryl/α,β-unsaturated/α-hetero) is 1. The molecular weight excluding hydrogens is 341 g/mol. The van der Waals surface area contributed by atoms with Gasteiger partial charge >= 0.3 is 0 Å². The molecule has 0 aliphatic carbocycles. The molecule has 0 unspecified atom stereocenters. The van der Waals surface area contributed by atoms with Crippen molar-refractivity contribution in [2.45, 2.75) is 0 Å². The van der Waals surface area contributed by atoms with Crippen LogP contribution in [0.15, 0.2) is 35.3 Å². The normalized spacial score (nSPS) is 10.9. The molecule has 2 rings (SSSR count). The number of ether oxygens (including phenoxy) is 1. The molecule has 0 bridgehead atoms. The number of nitrogens with zero attached hydrogens (tertiary/aromatic N) is 1. The fourth-order valence-electron chi connectivity index (χ4n) is 1.85. The highest BCUT2D eigenvalue weighted by atomic mass is 35.5. The Hall–Kier alpha value is -2.24. The topological polar surface area (TPSA) is 79.1 Å². The number of carbonyl (C=O) groups excluding carboxylic acids is 1. The molecule has 0 aliphatic heterocycles. The third-order valence-corrected chi connectivity index (χ3v) is 3.53. The fraction of sp³-hybridized carbons (Fsp3) is 0.125. The minimum Gasteiger partial charge on any atom is -0.506 e. The number of carbonyl (C=O) groups is 1. The van der Waals surface area contributed by atoms with Gasteiger partial charge < -0.3 is 14.9 Å². The van der Waals surface area contributed by atoms with Gasteiger partial charge in [0.25, 0.3) is 0 Å². The maximum absolute atomic E-state index is 12.1. The number of benzene rings is 2. The van der Waals surface area contributed by atoms with E-state index in [-0.39, 0.29) is 34.6 Å². The third kappa shape index (κ3) is 4.15. The van der Waals surface area contributed by atoms with Crippen molar-refractivity contribution in [2.75, 3.05) is 13.7 Å². The average molecular weight is 354 g/mol. The minimum absolute atomic E-state index is 0.0500. The molecule has 0 aliphatic rings. The molecule has 0 fully saturated rings. The zero-order valence-corrected chi connectivity index (χ0v) is 13.6. The van der Waals surface area contributed by atoms with Crippen LogP contribution in [-0.2, 0) is 0 Å². The van der Waals surface area contributed by atoms with Gasteiger partial charge in [-0.25, -0.2) is 0 Å². The van der Waals surface area contributed by atoms with Gasteiger partial charge in [-0.15, -0.1) is 0 Å². The molecule has 0 saturated heterocycles. The van der Waals surface area contributed by atoms with Gasteiger partial charge in [-0.1, -0.05) is 23.2 Å². The van der Waals surface area contributed by atoms with Gasteiger partial charge in [-0.05, 0) is 30.3 Å². The van der Waals surface area contributed by atoms with Crippen LogP contribution < -0.4 is 4.74 Å². The summed E-state index contributed by atoms with van der Waals surface area (Å²) in [6.45, 7) is -0.141. The lowest BCUT2D eigenvalue weighted by atomic mass is 10.1. The SMILES string of the molecule is COc1cc(C(=O)CN=Cc2cc(Cl)cc(Cl)c2O)ccc1O. The fourth-order valence-corrected chi connectivity index (χ4v) is 2.36. The van der Waals surface area contributed by atoms with Gasteiger partial charge in [0.05, 0.1) is 12.1 Å². The molecule has 2 aromatic rings. The highest BCUT2D eigenvalue weighted by Crippen LogP contribution is 2.30. The number of phenolic OH excluding ortho intramolecular Hbond substituents is 2. The number of phenols is 2. The summed E-state index contributed by atoms with van der Waals surface area (Å²) in [7, 11) is 1.40. The third-order valence-electron chi connectivity index (χ3n) is 3.02. The molecule has 7 heteroatoms. The largest absolute Gasteiger partial charge is 0.506 e. The lowest BCUT2D eigenvalue weighted by Crippen LogP contribution is -2.04. The zero-order valence-electron chi connectivity index (χ0n) is 12.1. The lowest BCUT2D eigenvalue weighted by Gasteiger charge is -2.05. The van der Waals surface area contributed by atoms with E-state index in [2.05, 4.69) is 4.99 Å². The first kappa shape index (κ1) is 17.1. The summed E-state index contributed by atoms with van der Waals surface area (Å²) < 4.78 is 4.95. The highest BCUT2D eigenvalue weighted by Gasteiger charge is 2.10. The lowest BCUT2D eigenvalue weighted by molar-refractivity contribution is 0.100. The quantitative estimate of drug-likeness (QED) is 0.634. The minimum atomic E-state index is -0.271. The van der Waals surface area contributed by atoms with E-state index < -0.39 is 0 Å². The van der Waals surface area contributed by atoms with Gasteiger partial charge in [-0.3, -0.25) is 9.79 Å². The van der Waals surface area contributed by atoms with Gasteiger partial charge in [0, 0.05) is 22.4 Å². The summed E-state index contributed by atoms with van der Waals surface area (Å²) >= 11 is 11.6. The monoisotopic (exact) mass is 353 g/mol. The van der Waals surface area contributed by atoms with Crippen LogP contribution in [0.25, 0.3) is 0 Å². The molecule has 0 spiro atoms. The van der Waals surface area contributed by atoms with Crippen molar-refractivity contribution < 1.29 is 19.7 Å². The van der Waals surface area contributed by atoms with Gasteiger partial charge in [0.15, 0.2) is 17.3 Å². The molecule has 0 atom stereocenters. The van der Waals surface area contributed by atoms with E-state index >= 15 is 0 Å². The van der Waals surface area contributed by atoms with Crippen LogP contribution in [0.4, 0.5) is 0 Å². The van der Waals surface area contributed by atoms with Gasteiger partial charge in [0.2, 0.25) is 0 Å². The van der Waals surface area contributed by atoms with Crippen molar-refractivity contribution in [1.29, 1.82) is 0 Å². The van der Waals surface area contributed by atoms with E-state index in [4.69, 9.17) is 27.9 Å². The van der Waals surface area contributed by atoms with Crippen molar-refractivity contribution in [2.24, 2.45) is 4.99 Å². The smallest absolute Gasteiger partial charge is 0.184 e. The number of hydrogen-bond acceptors (Lipinski definition) is 5. The van der Waals surface area contributed by atoms with E-state index in [1.807, 2.05) is 0 Å². The Kier molecular flexibility index (Phi) is 5.47. The number of methoxy groups -OCH3 is 1. The van der Waals surface area contributed by atoms with Gasteiger partial charge in [-0.2, -0.15) is 0 Å². The maximum Gasteiger partial charge on any atom is 0.184 e. The first-order valence-electron chi connectivity index (χ1n) is 6.50. The summed E-state index contributed by atoms with van der Waals surface area (Å²) in [5.41, 5.74) is 0.670. The highest BCUT2D eigenvalue weighted by molar-refractivity contribution is 6.36. The first-order chi connectivity index (χ1) is 10.9. The van der Waals surface area contributed by atoms with Crippen LogP contribution >= 0.6 is 23.2 Å². The van der Waals surface area contributed by atoms with Gasteiger partial charge in [0.1, 0.15) is 12.3 Å². The molecule has 23 heavy (non-hydrogen) atoms. The number of hydrogen-bond donors (Lipinski definition) is 2. The van der Waals surface area contributed by atoms with Crippen LogP contribution in [0.2, 0.25) is 10.0 Å². The summed E-state index contributed by atoms with van der Waals surface area (Å²) in [5, 5.41) is 19.8. The van der Waals surface area contributed by atoms with Crippen LogP contribution in [-0.4, -0.2) is 35.9 Å². The second-order valence-corrected chi connectivity index (χ2v) is 5.45. The molecule has 0 aromatic heterocycles. The Labute approximate surface area is 142 Å². The number of aliphatic imine (C=N–C) groups is 1. The number of halogens is 2. The number of ketones is 1. The van der Waals surface area contributed by atoms with Crippen molar-refractivity contribution in [3.63, 3.8) is 0 Å². The second-order valence-electron chi connectivity index (χ2n) is 4.61. The molecule has 2 aromatic carbocycles. The molecule has 0 saturated carbocycles. The molecule has 0 radical (unpaired) electrons. The number of aromatic hydroxyl groups is 2. The predicted octanol–water partition coefficient (Wildman–Crippen LogP) is 3.72. The Morgan fingerprint density at radius 1 is 1.26 bits per heavy atom. The molecule has 5 nitrogen and oxygen atoms in total. The van der Waals surface area contributed by atoms with Crippen LogP contribution in [0, 0.1) is 0 Å². The average Bonchev–Trinajstić information content (AvgIpc) is 2.52. The first-order valence-corrected chi connectivity index (χ1v) is 7.26. The van der Waals surface area contributed by atoms with Crippen LogP contribution in [0.1, 0.15) is 15.9 Å². The van der Waals surface area contributed by atoms with E-state index in [0.717, 1.165) is 0 Å². The van der Waals surface area contributed by atoms with E-state index in [1.165, 1.54) is 43.7 Å². The molecule has 120 valence electrons. The van der Waals surface area contributed by atoms with E-state index in [9.17, 15) is 15.0 Å². The Morgan fingerprint density at radius 2 is 2.00 bits per heavy atom. The van der Waals surface area contributed by atoms with Crippen molar-refractivity contribution in [1.82, 2.24) is 0 Å². The Bertz CT molecular complexity index is 775. The molecule has 2 N–H and O–H groups in total. The Balaban J connectivity index is 2.13. The summed E-state index contributed by atoms with van der Waals surface area (Å²) in [5.74, 6) is -0.268. The Morgan fingerprint density at radius 3 is 2.70 bits per heavy atom. The van der Waals surface area contributed by atoms with Crippen LogP contribution in [0.3, 0.4) is 0 Å². The summed E-state index contributed by atoms with van der Waals surface area (Å²) in [6, 6.07) is 7.17. The van der Waals surface area contributed by atoms with E-state index in [0.29, 0.717) is 16.1 Å². The molecule has 0 amide bonds. The second kappa shape index (κ2) is 7.35. The molecular formula is C16H13Cl2NO4. The summed E-state index contributed by atoms with van der Waals surface area (Å²) in [4.78, 5) is 16.1. The van der Waals surface area contributed by atoms with Crippen LogP contribution in [0.5, 0.6) is 17.2 Å². The number of rotatable bonds is 5.